The monoisotopic (exact) mass is 371 g/mol. The summed E-state index contributed by atoms with van der Waals surface area (Å²) in [6, 6.07) is 1.71. The fourth-order valence-electron chi connectivity index (χ4n) is 2.70. The van der Waals surface area contributed by atoms with E-state index in [4.69, 9.17) is 9.84 Å². The molecule has 1 aromatic heterocycles. The van der Waals surface area contributed by atoms with Gasteiger partial charge in [-0.05, 0) is 37.6 Å². The Labute approximate surface area is 148 Å². The third kappa shape index (κ3) is 4.31. The van der Waals surface area contributed by atoms with Crippen LogP contribution < -0.4 is 0 Å². The van der Waals surface area contributed by atoms with Gasteiger partial charge in [0.15, 0.2) is 0 Å². The van der Waals surface area contributed by atoms with Crippen LogP contribution in [0.3, 0.4) is 0 Å². The lowest BCUT2D eigenvalue weighted by Crippen LogP contribution is -2.32. The number of carboxylic acids is 1. The molecular weight excluding hydrogens is 351 g/mol. The molecule has 0 saturated heterocycles. The number of aromatic carboxylic acids is 1. The van der Waals surface area contributed by atoms with Crippen LogP contribution in [-0.2, 0) is 4.74 Å². The number of hydrogen-bond acceptors (Lipinski definition) is 4. The minimum absolute atomic E-state index is 0.112. The SMILES string of the molecule is CCOCCC(C)(O)C1=CC(F)=C(c2nc(C(=O)O)ccc2F)C(F)C1. The number of alkyl halides is 1. The molecule has 5 nitrogen and oxygen atoms in total. The molecule has 0 radical (unpaired) electrons. The van der Waals surface area contributed by atoms with Gasteiger partial charge in [0.05, 0.1) is 11.2 Å². The molecule has 1 aliphatic rings. The summed E-state index contributed by atoms with van der Waals surface area (Å²) < 4.78 is 48.3. The van der Waals surface area contributed by atoms with Gasteiger partial charge < -0.3 is 14.9 Å². The number of ether oxygens (including phenoxy) is 1. The first kappa shape index (κ1) is 20.1. The van der Waals surface area contributed by atoms with Crippen molar-refractivity contribution in [1.29, 1.82) is 0 Å². The van der Waals surface area contributed by atoms with Gasteiger partial charge in [-0.3, -0.25) is 0 Å². The largest absolute Gasteiger partial charge is 0.477 e. The minimum Gasteiger partial charge on any atom is -0.477 e. The number of allylic oxidation sites excluding steroid dienone is 3. The number of hydrogen-bond donors (Lipinski definition) is 2. The zero-order chi connectivity index (χ0) is 19.5. The highest BCUT2D eigenvalue weighted by molar-refractivity contribution is 5.86. The molecular formula is C18H20F3NO4. The van der Waals surface area contributed by atoms with Crippen molar-refractivity contribution in [1.82, 2.24) is 4.98 Å². The molecule has 1 aromatic rings. The molecule has 8 heteroatoms. The fourth-order valence-corrected chi connectivity index (χ4v) is 2.70. The summed E-state index contributed by atoms with van der Waals surface area (Å²) >= 11 is 0. The number of aromatic nitrogens is 1. The Bertz CT molecular complexity index is 759. The van der Waals surface area contributed by atoms with Crippen molar-refractivity contribution in [3.63, 3.8) is 0 Å². The van der Waals surface area contributed by atoms with Crippen molar-refractivity contribution in [2.75, 3.05) is 13.2 Å². The Hall–Kier alpha value is -2.19. The van der Waals surface area contributed by atoms with Gasteiger partial charge >= 0.3 is 5.97 Å². The first-order valence-electron chi connectivity index (χ1n) is 8.12. The van der Waals surface area contributed by atoms with E-state index in [0.717, 1.165) is 18.2 Å². The maximum atomic E-state index is 14.6. The first-order chi connectivity index (χ1) is 12.2. The van der Waals surface area contributed by atoms with E-state index < -0.39 is 46.3 Å². The normalized spacial score (nSPS) is 19.9. The van der Waals surface area contributed by atoms with Gasteiger partial charge in [0, 0.05) is 26.1 Å². The highest BCUT2D eigenvalue weighted by Gasteiger charge is 2.35. The molecule has 2 unspecified atom stereocenters. The van der Waals surface area contributed by atoms with Crippen LogP contribution in [0.25, 0.3) is 5.57 Å². The Kier molecular flexibility index (Phi) is 6.20. The Balaban J connectivity index is 2.41. The molecule has 0 amide bonds. The predicted molar refractivity (Wildman–Crippen MR) is 88.5 cm³/mol. The number of carboxylic acid groups (broad SMARTS) is 1. The van der Waals surface area contributed by atoms with E-state index in [2.05, 4.69) is 4.98 Å². The Morgan fingerprint density at radius 2 is 2.12 bits per heavy atom. The summed E-state index contributed by atoms with van der Waals surface area (Å²) in [7, 11) is 0. The number of carbonyl (C=O) groups is 1. The van der Waals surface area contributed by atoms with Crippen LogP contribution >= 0.6 is 0 Å². The molecule has 0 aromatic carbocycles. The second-order valence-corrected chi connectivity index (χ2v) is 6.16. The topological polar surface area (TPSA) is 79.7 Å². The minimum atomic E-state index is -1.97. The molecule has 1 heterocycles. The van der Waals surface area contributed by atoms with E-state index in [9.17, 15) is 23.1 Å². The van der Waals surface area contributed by atoms with E-state index in [1.54, 1.807) is 6.92 Å². The van der Waals surface area contributed by atoms with Crippen LogP contribution in [0.2, 0.25) is 0 Å². The number of rotatable bonds is 7. The molecule has 0 saturated carbocycles. The molecule has 26 heavy (non-hydrogen) atoms. The molecule has 0 spiro atoms. The standard InChI is InChI=1S/C18H20F3NO4/c1-3-26-7-6-18(2,25)10-8-12(20)15(13(21)9-10)16-11(19)4-5-14(22-16)17(23)24/h4-5,8,13,25H,3,6-7,9H2,1-2H3,(H,23,24). The van der Waals surface area contributed by atoms with Crippen molar-refractivity contribution < 1.29 is 32.9 Å². The summed E-state index contributed by atoms with van der Waals surface area (Å²) in [5, 5.41) is 19.4. The lowest BCUT2D eigenvalue weighted by molar-refractivity contribution is 0.0397. The van der Waals surface area contributed by atoms with E-state index in [0.29, 0.717) is 6.61 Å². The molecule has 2 N–H and O–H groups in total. The number of pyridine rings is 1. The lowest BCUT2D eigenvalue weighted by Gasteiger charge is -2.30. The summed E-state index contributed by atoms with van der Waals surface area (Å²) in [5.41, 5.74) is -3.24. The number of aliphatic hydroxyl groups is 1. The highest BCUT2D eigenvalue weighted by Crippen LogP contribution is 2.39. The molecule has 1 aliphatic carbocycles. The third-order valence-electron chi connectivity index (χ3n) is 4.22. The quantitative estimate of drug-likeness (QED) is 0.718. The average molecular weight is 371 g/mol. The van der Waals surface area contributed by atoms with Gasteiger partial charge in [0.25, 0.3) is 0 Å². The predicted octanol–water partition coefficient (Wildman–Crippen LogP) is 3.45. The smallest absolute Gasteiger partial charge is 0.354 e. The molecule has 0 aliphatic heterocycles. The van der Waals surface area contributed by atoms with E-state index in [1.807, 2.05) is 0 Å². The third-order valence-corrected chi connectivity index (χ3v) is 4.22. The van der Waals surface area contributed by atoms with Crippen LogP contribution in [0.15, 0.2) is 29.6 Å². The fraction of sp³-hybridized carbons (Fsp3) is 0.444. The molecule has 142 valence electrons. The maximum absolute atomic E-state index is 14.6. The van der Waals surface area contributed by atoms with Crippen molar-refractivity contribution in [3.8, 4) is 0 Å². The number of halogens is 3. The summed E-state index contributed by atoms with van der Waals surface area (Å²) in [5.74, 6) is -3.55. The highest BCUT2D eigenvalue weighted by atomic mass is 19.1. The van der Waals surface area contributed by atoms with Crippen LogP contribution in [0.4, 0.5) is 13.2 Å². The van der Waals surface area contributed by atoms with Crippen molar-refractivity contribution in [3.05, 3.63) is 46.8 Å². The Morgan fingerprint density at radius 1 is 1.42 bits per heavy atom. The van der Waals surface area contributed by atoms with Gasteiger partial charge in [-0.25, -0.2) is 22.9 Å². The van der Waals surface area contributed by atoms with Crippen LogP contribution in [0, 0.1) is 5.82 Å². The zero-order valence-electron chi connectivity index (χ0n) is 14.4. The van der Waals surface area contributed by atoms with Crippen LogP contribution in [0.5, 0.6) is 0 Å². The second kappa shape index (κ2) is 8.01. The van der Waals surface area contributed by atoms with E-state index in [1.165, 1.54) is 6.92 Å². The zero-order valence-corrected chi connectivity index (χ0v) is 14.4. The van der Waals surface area contributed by atoms with Gasteiger partial charge in [-0.1, -0.05) is 0 Å². The van der Waals surface area contributed by atoms with Gasteiger partial charge in [0.2, 0.25) is 0 Å². The van der Waals surface area contributed by atoms with E-state index in [-0.39, 0.29) is 25.0 Å². The van der Waals surface area contributed by atoms with Crippen LogP contribution in [-0.4, -0.2) is 46.2 Å². The van der Waals surface area contributed by atoms with Crippen molar-refractivity contribution >= 4 is 11.5 Å². The summed E-state index contributed by atoms with van der Waals surface area (Å²) in [6.45, 7) is 3.87. The van der Waals surface area contributed by atoms with Gasteiger partial charge in [-0.15, -0.1) is 0 Å². The second-order valence-electron chi connectivity index (χ2n) is 6.16. The van der Waals surface area contributed by atoms with Gasteiger partial charge in [-0.2, -0.15) is 0 Å². The average Bonchev–Trinajstić information content (AvgIpc) is 2.55. The van der Waals surface area contributed by atoms with E-state index >= 15 is 0 Å². The molecule has 2 rings (SSSR count). The maximum Gasteiger partial charge on any atom is 0.354 e. The summed E-state index contributed by atoms with van der Waals surface area (Å²) in [4.78, 5) is 14.5. The summed E-state index contributed by atoms with van der Waals surface area (Å²) in [6.07, 6.45) is -1.24. The lowest BCUT2D eigenvalue weighted by atomic mass is 9.83. The molecule has 0 bridgehead atoms. The first-order valence-corrected chi connectivity index (χ1v) is 8.12. The Morgan fingerprint density at radius 3 is 2.69 bits per heavy atom. The van der Waals surface area contributed by atoms with Crippen molar-refractivity contribution in [2.24, 2.45) is 0 Å². The molecule has 2 atom stereocenters. The van der Waals surface area contributed by atoms with Crippen molar-refractivity contribution in [2.45, 2.75) is 38.5 Å². The van der Waals surface area contributed by atoms with Gasteiger partial charge in [0.1, 0.15) is 29.2 Å². The molecule has 0 fully saturated rings. The van der Waals surface area contributed by atoms with Crippen LogP contribution in [0.1, 0.15) is 42.9 Å². The number of nitrogens with zero attached hydrogens (tertiary/aromatic N) is 1.